The minimum atomic E-state index is -1.12. The monoisotopic (exact) mass is 251 g/mol. The van der Waals surface area contributed by atoms with Crippen molar-refractivity contribution in [2.75, 3.05) is 14.2 Å². The van der Waals surface area contributed by atoms with Gasteiger partial charge in [-0.3, -0.25) is 9.59 Å². The van der Waals surface area contributed by atoms with Crippen molar-refractivity contribution >= 4 is 11.9 Å². The lowest BCUT2D eigenvalue weighted by atomic mass is 10.1. The molecule has 1 aromatic carbocycles. The van der Waals surface area contributed by atoms with Gasteiger partial charge in [0.15, 0.2) is 0 Å². The third kappa shape index (κ3) is 3.76. The maximum Gasteiger partial charge on any atom is 0.312 e. The van der Waals surface area contributed by atoms with Crippen LogP contribution in [0.15, 0.2) is 18.2 Å². The topological polar surface area (TPSA) is 66.8 Å². The summed E-state index contributed by atoms with van der Waals surface area (Å²) in [6.07, 6.45) is -0.495. The fourth-order valence-corrected chi connectivity index (χ4v) is 1.64. The zero-order valence-corrected chi connectivity index (χ0v) is 10.8. The molecular weight excluding hydrogens is 234 g/mol. The second kappa shape index (κ2) is 6.05. The van der Waals surface area contributed by atoms with Crippen LogP contribution in [0.4, 0.5) is 0 Å². The average Bonchev–Trinajstić information content (AvgIpc) is 2.28. The van der Waals surface area contributed by atoms with E-state index in [1.165, 1.54) is 4.90 Å². The zero-order valence-electron chi connectivity index (χ0n) is 10.8. The summed E-state index contributed by atoms with van der Waals surface area (Å²) in [5, 5.41) is 8.57. The van der Waals surface area contributed by atoms with E-state index in [1.807, 2.05) is 25.1 Å². The van der Waals surface area contributed by atoms with Gasteiger partial charge < -0.3 is 14.7 Å². The highest BCUT2D eigenvalue weighted by molar-refractivity contribution is 5.93. The quantitative estimate of drug-likeness (QED) is 0.804. The van der Waals surface area contributed by atoms with Crippen LogP contribution in [0.25, 0.3) is 0 Å². The Labute approximate surface area is 106 Å². The van der Waals surface area contributed by atoms with Gasteiger partial charge in [-0.2, -0.15) is 0 Å². The number of carbonyl (C=O) groups is 2. The number of aliphatic carboxylic acids is 1. The molecule has 0 aliphatic carbocycles. The molecule has 0 bridgehead atoms. The van der Waals surface area contributed by atoms with Crippen LogP contribution in [0.3, 0.4) is 0 Å². The van der Waals surface area contributed by atoms with Crippen LogP contribution in [-0.4, -0.2) is 36.0 Å². The number of carboxylic acids is 1. The van der Waals surface area contributed by atoms with Crippen molar-refractivity contribution in [3.8, 4) is 5.75 Å². The van der Waals surface area contributed by atoms with Crippen LogP contribution >= 0.6 is 0 Å². The van der Waals surface area contributed by atoms with Gasteiger partial charge in [0.05, 0.1) is 7.11 Å². The number of benzene rings is 1. The Bertz CT molecular complexity index is 456. The minimum absolute atomic E-state index is 0.330. The molecule has 0 fully saturated rings. The fraction of sp³-hybridized carbons (Fsp3) is 0.385. The maximum absolute atomic E-state index is 11.5. The lowest BCUT2D eigenvalue weighted by molar-refractivity contribution is -0.143. The van der Waals surface area contributed by atoms with Crippen LogP contribution in [0, 0.1) is 6.92 Å². The summed E-state index contributed by atoms with van der Waals surface area (Å²) in [5.41, 5.74) is 1.92. The number of carboxylic acid groups (broad SMARTS) is 1. The van der Waals surface area contributed by atoms with Gasteiger partial charge in [-0.1, -0.05) is 17.7 Å². The molecule has 98 valence electrons. The van der Waals surface area contributed by atoms with Gasteiger partial charge in [0.2, 0.25) is 5.91 Å². The smallest absolute Gasteiger partial charge is 0.312 e. The molecule has 0 spiro atoms. The summed E-state index contributed by atoms with van der Waals surface area (Å²) in [7, 11) is 3.14. The number of methoxy groups -OCH3 is 1. The first kappa shape index (κ1) is 14.0. The van der Waals surface area contributed by atoms with Crippen LogP contribution in [-0.2, 0) is 16.1 Å². The van der Waals surface area contributed by atoms with Crippen molar-refractivity contribution in [2.24, 2.45) is 0 Å². The second-order valence-electron chi connectivity index (χ2n) is 4.14. The van der Waals surface area contributed by atoms with Crippen molar-refractivity contribution < 1.29 is 19.4 Å². The molecule has 0 aliphatic rings. The van der Waals surface area contributed by atoms with Crippen molar-refractivity contribution in [3.05, 3.63) is 29.3 Å². The molecule has 1 amide bonds. The molecule has 1 aromatic rings. The Morgan fingerprint density at radius 1 is 1.39 bits per heavy atom. The summed E-state index contributed by atoms with van der Waals surface area (Å²) < 4.78 is 5.21. The average molecular weight is 251 g/mol. The summed E-state index contributed by atoms with van der Waals surface area (Å²) in [6, 6.07) is 5.67. The molecule has 0 saturated carbocycles. The molecule has 5 heteroatoms. The third-order valence-electron chi connectivity index (χ3n) is 2.57. The van der Waals surface area contributed by atoms with Crippen LogP contribution in [0.1, 0.15) is 17.5 Å². The number of carbonyl (C=O) groups excluding carboxylic acids is 1. The number of rotatable bonds is 5. The molecule has 0 saturated heterocycles. The van der Waals surface area contributed by atoms with E-state index >= 15 is 0 Å². The van der Waals surface area contributed by atoms with E-state index in [2.05, 4.69) is 0 Å². The summed E-state index contributed by atoms with van der Waals surface area (Å²) in [6.45, 7) is 2.28. The summed E-state index contributed by atoms with van der Waals surface area (Å²) >= 11 is 0. The van der Waals surface area contributed by atoms with E-state index in [0.717, 1.165) is 11.1 Å². The number of nitrogens with zero attached hydrogens (tertiary/aromatic N) is 1. The largest absolute Gasteiger partial charge is 0.496 e. The number of hydrogen-bond acceptors (Lipinski definition) is 3. The van der Waals surface area contributed by atoms with Crippen LogP contribution in [0.5, 0.6) is 5.75 Å². The summed E-state index contributed by atoms with van der Waals surface area (Å²) in [5.74, 6) is -0.857. The predicted molar refractivity (Wildman–Crippen MR) is 66.5 cm³/mol. The highest BCUT2D eigenvalue weighted by atomic mass is 16.5. The van der Waals surface area contributed by atoms with Crippen LogP contribution in [0.2, 0.25) is 0 Å². The van der Waals surface area contributed by atoms with Gasteiger partial charge >= 0.3 is 5.97 Å². The first-order valence-corrected chi connectivity index (χ1v) is 5.53. The SMILES string of the molecule is COc1ccc(C)cc1CN(C)C(=O)CC(=O)O. The number of amides is 1. The standard InChI is InChI=1S/C13H17NO4/c1-9-4-5-11(18-3)10(6-9)8-14(2)12(15)7-13(16)17/h4-6H,7-8H2,1-3H3,(H,16,17). The molecule has 18 heavy (non-hydrogen) atoms. The van der Waals surface area contributed by atoms with Crippen LogP contribution < -0.4 is 4.74 Å². The molecule has 5 nitrogen and oxygen atoms in total. The molecule has 0 aliphatic heterocycles. The van der Waals surface area contributed by atoms with E-state index in [-0.39, 0.29) is 0 Å². The van der Waals surface area contributed by atoms with E-state index < -0.39 is 18.3 Å². The molecule has 0 aromatic heterocycles. The summed E-state index contributed by atoms with van der Waals surface area (Å²) in [4.78, 5) is 23.4. The molecular formula is C13H17NO4. The van der Waals surface area contributed by atoms with Gasteiger partial charge in [-0.15, -0.1) is 0 Å². The predicted octanol–water partition coefficient (Wildman–Crippen LogP) is 1.44. The van der Waals surface area contributed by atoms with Crippen molar-refractivity contribution in [3.63, 3.8) is 0 Å². The highest BCUT2D eigenvalue weighted by Gasteiger charge is 2.15. The normalized spacial score (nSPS) is 9.94. The Kier molecular flexibility index (Phi) is 4.71. The first-order valence-electron chi connectivity index (χ1n) is 5.53. The van der Waals surface area contributed by atoms with Gasteiger partial charge in [-0.05, 0) is 13.0 Å². The molecule has 0 heterocycles. The maximum atomic E-state index is 11.5. The lowest BCUT2D eigenvalue weighted by Gasteiger charge is -2.18. The van der Waals surface area contributed by atoms with Gasteiger partial charge in [0, 0.05) is 19.2 Å². The first-order chi connectivity index (χ1) is 8.43. The number of ether oxygens (including phenoxy) is 1. The van der Waals surface area contributed by atoms with E-state index in [0.29, 0.717) is 12.3 Å². The molecule has 1 rings (SSSR count). The van der Waals surface area contributed by atoms with E-state index in [9.17, 15) is 9.59 Å². The Balaban J connectivity index is 2.80. The van der Waals surface area contributed by atoms with E-state index in [1.54, 1.807) is 14.2 Å². The van der Waals surface area contributed by atoms with E-state index in [4.69, 9.17) is 9.84 Å². The molecule has 0 atom stereocenters. The molecule has 0 radical (unpaired) electrons. The van der Waals surface area contributed by atoms with Crippen molar-refractivity contribution in [1.82, 2.24) is 4.90 Å². The lowest BCUT2D eigenvalue weighted by Crippen LogP contribution is -2.28. The minimum Gasteiger partial charge on any atom is -0.496 e. The van der Waals surface area contributed by atoms with Crippen molar-refractivity contribution in [1.29, 1.82) is 0 Å². The van der Waals surface area contributed by atoms with Crippen molar-refractivity contribution in [2.45, 2.75) is 19.9 Å². The molecule has 0 unspecified atom stereocenters. The fourth-order valence-electron chi connectivity index (χ4n) is 1.64. The zero-order chi connectivity index (χ0) is 13.7. The Morgan fingerprint density at radius 3 is 2.61 bits per heavy atom. The Hall–Kier alpha value is -2.04. The Morgan fingerprint density at radius 2 is 2.06 bits per heavy atom. The highest BCUT2D eigenvalue weighted by Crippen LogP contribution is 2.21. The third-order valence-corrected chi connectivity index (χ3v) is 2.57. The van der Waals surface area contributed by atoms with Gasteiger partial charge in [-0.25, -0.2) is 0 Å². The molecule has 1 N–H and O–H groups in total. The van der Waals surface area contributed by atoms with Gasteiger partial charge in [0.25, 0.3) is 0 Å². The van der Waals surface area contributed by atoms with Gasteiger partial charge in [0.1, 0.15) is 12.2 Å². The number of hydrogen-bond donors (Lipinski definition) is 1. The number of aryl methyl sites for hydroxylation is 1. The second-order valence-corrected chi connectivity index (χ2v) is 4.14.